The average molecular weight is 425 g/mol. The largest absolute Gasteiger partial charge is 0.595 e. The highest BCUT2D eigenvalue weighted by molar-refractivity contribution is 5.80. The standard InChI is InChI=1S/C17H23N5O8/c1-17(2,3)30-16(25)19-12(15(23)24)6-10-8-20(9-18-10)13-5-4-11(21(26)27)7-14(13)22(28)29/h4-5,7-9,12,21-22,26,28H,6H2,1-3H3,(H,19,25)(H,23,24)/t12-/m1/s1. The molecule has 0 fully saturated rings. The van der Waals surface area contributed by atoms with E-state index in [2.05, 4.69) is 10.3 Å². The zero-order valence-corrected chi connectivity index (χ0v) is 16.4. The molecular weight excluding hydrogens is 402 g/mol. The van der Waals surface area contributed by atoms with Crippen LogP contribution in [0.5, 0.6) is 0 Å². The number of carbonyl (C=O) groups is 2. The third kappa shape index (κ3) is 6.21. The van der Waals surface area contributed by atoms with Crippen LogP contribution in [0.15, 0.2) is 30.7 Å². The van der Waals surface area contributed by atoms with Crippen molar-refractivity contribution in [1.29, 1.82) is 0 Å². The zero-order valence-electron chi connectivity index (χ0n) is 16.4. The van der Waals surface area contributed by atoms with Crippen LogP contribution < -0.4 is 15.8 Å². The van der Waals surface area contributed by atoms with Crippen LogP contribution in [0.25, 0.3) is 5.69 Å². The number of hydrogen-bond acceptors (Lipinski definition) is 8. The van der Waals surface area contributed by atoms with E-state index in [1.165, 1.54) is 29.2 Å². The van der Waals surface area contributed by atoms with Crippen LogP contribution in [0.1, 0.15) is 26.5 Å². The minimum atomic E-state index is -1.33. The predicted octanol–water partition coefficient (Wildman–Crippen LogP) is -0.800. The van der Waals surface area contributed by atoms with Gasteiger partial charge in [0, 0.05) is 18.7 Å². The minimum absolute atomic E-state index is 0.151. The third-order valence-corrected chi connectivity index (χ3v) is 3.79. The summed E-state index contributed by atoms with van der Waals surface area (Å²) in [6.07, 6.45) is 1.59. The molecule has 13 nitrogen and oxygen atoms in total. The molecule has 1 aromatic heterocycles. The van der Waals surface area contributed by atoms with Crippen molar-refractivity contribution in [3.8, 4) is 5.69 Å². The van der Waals surface area contributed by atoms with Gasteiger partial charge in [0.25, 0.3) is 0 Å². The number of carboxylic acids is 1. The highest BCUT2D eigenvalue weighted by atomic mass is 16.8. The van der Waals surface area contributed by atoms with Crippen molar-refractivity contribution < 1.29 is 40.3 Å². The van der Waals surface area contributed by atoms with Crippen molar-refractivity contribution in [2.45, 2.75) is 38.8 Å². The Labute approximate surface area is 170 Å². The van der Waals surface area contributed by atoms with Crippen LogP contribution in [-0.4, -0.2) is 48.8 Å². The molecule has 0 saturated heterocycles. The number of carbonyl (C=O) groups excluding carboxylic acids is 1. The summed E-state index contributed by atoms with van der Waals surface area (Å²) in [6, 6.07) is 2.25. The minimum Gasteiger partial charge on any atom is -0.595 e. The van der Waals surface area contributed by atoms with Crippen molar-refractivity contribution in [1.82, 2.24) is 14.9 Å². The maximum atomic E-state index is 11.9. The topological polar surface area (TPSA) is 189 Å². The van der Waals surface area contributed by atoms with Gasteiger partial charge in [0.15, 0.2) is 11.4 Å². The maximum Gasteiger partial charge on any atom is 0.408 e. The van der Waals surface area contributed by atoms with E-state index in [4.69, 9.17) is 9.94 Å². The van der Waals surface area contributed by atoms with Gasteiger partial charge in [-0.05, 0) is 26.8 Å². The molecule has 0 spiro atoms. The number of nitrogens with zero attached hydrogens (tertiary/aromatic N) is 2. The van der Waals surface area contributed by atoms with E-state index in [1.807, 2.05) is 0 Å². The lowest BCUT2D eigenvalue weighted by Gasteiger charge is -2.21. The van der Waals surface area contributed by atoms with Gasteiger partial charge in [-0.3, -0.25) is 0 Å². The van der Waals surface area contributed by atoms with Crippen LogP contribution in [-0.2, 0) is 16.0 Å². The van der Waals surface area contributed by atoms with Gasteiger partial charge < -0.3 is 30.1 Å². The summed E-state index contributed by atoms with van der Waals surface area (Å²) in [5, 5.41) is 50.0. The summed E-state index contributed by atoms with van der Waals surface area (Å²) >= 11 is 0. The number of aromatic nitrogens is 2. The molecule has 1 aromatic carbocycles. The number of benzene rings is 1. The van der Waals surface area contributed by atoms with Gasteiger partial charge in [-0.25, -0.2) is 25.0 Å². The highest BCUT2D eigenvalue weighted by Crippen LogP contribution is 2.20. The summed E-state index contributed by atoms with van der Waals surface area (Å²) in [5.74, 6) is -1.30. The Balaban J connectivity index is 2.23. The van der Waals surface area contributed by atoms with Gasteiger partial charge in [0.2, 0.25) is 0 Å². The first-order chi connectivity index (χ1) is 13.9. The van der Waals surface area contributed by atoms with Gasteiger partial charge in [-0.2, -0.15) is 10.5 Å². The molecule has 0 radical (unpaired) electrons. The molecule has 30 heavy (non-hydrogen) atoms. The Morgan fingerprint density at radius 3 is 2.47 bits per heavy atom. The van der Waals surface area contributed by atoms with Crippen LogP contribution in [0, 0.1) is 10.4 Å². The Hall–Kier alpha value is -3.07. The first-order valence-corrected chi connectivity index (χ1v) is 8.73. The van der Waals surface area contributed by atoms with Gasteiger partial charge in [0.05, 0.1) is 18.1 Å². The number of aliphatic carboxylic acids is 1. The Kier molecular flexibility index (Phi) is 7.09. The quantitative estimate of drug-likeness (QED) is 0.308. The summed E-state index contributed by atoms with van der Waals surface area (Å²) < 4.78 is 6.38. The monoisotopic (exact) mass is 425 g/mol. The van der Waals surface area contributed by atoms with Crippen molar-refractivity contribution in [2.75, 3.05) is 0 Å². The lowest BCUT2D eigenvalue weighted by atomic mass is 10.1. The number of alkyl carbamates (subject to hydrolysis) is 1. The summed E-state index contributed by atoms with van der Waals surface area (Å²) in [7, 11) is 0. The Morgan fingerprint density at radius 1 is 1.27 bits per heavy atom. The van der Waals surface area contributed by atoms with Crippen molar-refractivity contribution >= 4 is 23.4 Å². The van der Waals surface area contributed by atoms with Gasteiger partial charge >= 0.3 is 12.1 Å². The fourth-order valence-electron chi connectivity index (χ4n) is 2.53. The van der Waals surface area contributed by atoms with Crippen molar-refractivity contribution in [3.05, 3.63) is 46.8 Å². The van der Waals surface area contributed by atoms with Crippen LogP contribution >= 0.6 is 0 Å². The Morgan fingerprint density at radius 2 is 1.93 bits per heavy atom. The second-order valence-corrected chi connectivity index (χ2v) is 7.36. The lowest BCUT2D eigenvalue weighted by molar-refractivity contribution is -0.996. The average Bonchev–Trinajstić information content (AvgIpc) is 3.07. The van der Waals surface area contributed by atoms with Crippen molar-refractivity contribution in [2.24, 2.45) is 0 Å². The van der Waals surface area contributed by atoms with Crippen LogP contribution in [0.2, 0.25) is 0 Å². The number of ether oxygens (including phenoxy) is 1. The van der Waals surface area contributed by atoms with E-state index in [1.54, 1.807) is 20.8 Å². The van der Waals surface area contributed by atoms with Crippen LogP contribution in [0.3, 0.4) is 0 Å². The van der Waals surface area contributed by atoms with E-state index < -0.39 is 34.2 Å². The molecule has 164 valence electrons. The number of imidazole rings is 1. The number of hydrogen-bond donors (Lipinski definition) is 6. The molecule has 6 N–H and O–H groups in total. The number of rotatable bonds is 7. The summed E-state index contributed by atoms with van der Waals surface area (Å²) in [4.78, 5) is 27.4. The molecule has 0 aliphatic carbocycles. The Bertz CT molecular complexity index is 906. The molecule has 2 rings (SSSR count). The van der Waals surface area contributed by atoms with Crippen molar-refractivity contribution in [3.63, 3.8) is 0 Å². The van der Waals surface area contributed by atoms with Gasteiger partial charge in [-0.1, -0.05) is 0 Å². The fraction of sp³-hybridized carbons (Fsp3) is 0.353. The fourth-order valence-corrected chi connectivity index (χ4v) is 2.53. The first-order valence-electron chi connectivity index (χ1n) is 8.73. The molecule has 0 aliphatic heterocycles. The molecule has 3 atom stereocenters. The zero-order chi connectivity index (χ0) is 22.6. The first kappa shape index (κ1) is 23.2. The summed E-state index contributed by atoms with van der Waals surface area (Å²) in [5.41, 5.74) is -0.843. The maximum absolute atomic E-state index is 11.9. The number of nitrogens with one attached hydrogen (secondary N) is 3. The number of carboxylic acid groups (broad SMARTS) is 1. The normalized spacial score (nSPS) is 14.6. The smallest absolute Gasteiger partial charge is 0.408 e. The number of amides is 1. The number of quaternary nitrogens is 2. The molecule has 13 heteroatoms. The highest BCUT2D eigenvalue weighted by Gasteiger charge is 2.25. The van der Waals surface area contributed by atoms with Gasteiger partial charge in [-0.15, -0.1) is 0 Å². The van der Waals surface area contributed by atoms with E-state index in [9.17, 15) is 30.3 Å². The summed E-state index contributed by atoms with van der Waals surface area (Å²) in [6.45, 7) is 4.92. The van der Waals surface area contributed by atoms with E-state index in [0.717, 1.165) is 6.07 Å². The molecule has 1 amide bonds. The van der Waals surface area contributed by atoms with Gasteiger partial charge in [0.1, 0.15) is 17.3 Å². The molecule has 2 aromatic rings. The molecular formula is C17H23N5O8. The SMILES string of the molecule is CC(C)(C)OC(=O)N[C@H](Cc1cn(-c2ccc([NH+]([O-])O)cc2[NH+]([O-])O)cn1)C(=O)O. The molecule has 0 saturated carbocycles. The lowest BCUT2D eigenvalue weighted by Crippen LogP contribution is -3.01. The molecule has 2 unspecified atom stereocenters. The molecule has 1 heterocycles. The van der Waals surface area contributed by atoms with Crippen LogP contribution in [0.4, 0.5) is 16.2 Å². The molecule has 0 aliphatic rings. The van der Waals surface area contributed by atoms with E-state index in [0.29, 0.717) is 0 Å². The van der Waals surface area contributed by atoms with E-state index >= 15 is 0 Å². The second kappa shape index (κ2) is 9.17. The molecule has 0 bridgehead atoms. The third-order valence-electron chi connectivity index (χ3n) is 3.79. The van der Waals surface area contributed by atoms with E-state index in [-0.39, 0.29) is 29.2 Å². The predicted molar refractivity (Wildman–Crippen MR) is 99.6 cm³/mol. The second-order valence-electron chi connectivity index (χ2n) is 7.36.